The first kappa shape index (κ1) is 18.9. The average Bonchev–Trinajstić information content (AvgIpc) is 3.19. The van der Waals surface area contributed by atoms with Crippen molar-refractivity contribution in [2.24, 2.45) is 0 Å². The minimum atomic E-state index is -1.06. The predicted molar refractivity (Wildman–Crippen MR) is 96.4 cm³/mol. The molecule has 4 rings (SSSR count). The standard InChI is InChI=1S/C20H23NO7/c1-11-5-3-6-13(9-11)26-20-16(21-12(2)22)17(23)18-15(27-20)10-25-19(28-18)14-7-4-8-24-14/h3-9,15-20,23H,10H2,1-2H3,(H,21,22)/t15-,16+,17-,18-,19-,20-/m0/s1. The normalized spacial score (nSPS) is 32.4. The molecule has 2 fully saturated rings. The number of carbonyl (C=O) groups excluding carboxylic acids is 1. The van der Waals surface area contributed by atoms with Gasteiger partial charge in [-0.15, -0.1) is 0 Å². The Hall–Kier alpha value is -2.39. The number of nitrogens with one attached hydrogen (secondary N) is 1. The van der Waals surface area contributed by atoms with Crippen LogP contribution in [0.15, 0.2) is 47.1 Å². The van der Waals surface area contributed by atoms with Crippen LogP contribution >= 0.6 is 0 Å². The smallest absolute Gasteiger partial charge is 0.223 e. The molecule has 8 nitrogen and oxygen atoms in total. The number of aliphatic hydroxyl groups is 1. The van der Waals surface area contributed by atoms with Gasteiger partial charge in [-0.05, 0) is 36.8 Å². The number of fused-ring (bicyclic) bond motifs is 1. The maximum absolute atomic E-state index is 11.7. The summed E-state index contributed by atoms with van der Waals surface area (Å²) in [6, 6.07) is 10.1. The summed E-state index contributed by atoms with van der Waals surface area (Å²) < 4.78 is 28.8. The highest BCUT2D eigenvalue weighted by Crippen LogP contribution is 2.35. The fourth-order valence-corrected chi connectivity index (χ4v) is 3.47. The lowest BCUT2D eigenvalue weighted by Crippen LogP contribution is -2.67. The molecule has 2 saturated heterocycles. The van der Waals surface area contributed by atoms with Gasteiger partial charge in [0, 0.05) is 6.92 Å². The molecule has 2 aromatic rings. The minimum Gasteiger partial charge on any atom is -0.464 e. The molecule has 1 aromatic carbocycles. The second-order valence-electron chi connectivity index (χ2n) is 6.98. The summed E-state index contributed by atoms with van der Waals surface area (Å²) in [5.41, 5.74) is 1.02. The number of carbonyl (C=O) groups is 1. The molecule has 0 unspecified atom stereocenters. The zero-order chi connectivity index (χ0) is 19.7. The van der Waals surface area contributed by atoms with E-state index >= 15 is 0 Å². The average molecular weight is 389 g/mol. The van der Waals surface area contributed by atoms with Crippen LogP contribution in [0.4, 0.5) is 0 Å². The van der Waals surface area contributed by atoms with Crippen LogP contribution in [0.5, 0.6) is 5.75 Å². The van der Waals surface area contributed by atoms with Gasteiger partial charge in [-0.1, -0.05) is 12.1 Å². The molecule has 0 spiro atoms. The van der Waals surface area contributed by atoms with Crippen LogP contribution in [-0.2, 0) is 19.0 Å². The van der Waals surface area contributed by atoms with Crippen molar-refractivity contribution in [2.75, 3.05) is 6.61 Å². The van der Waals surface area contributed by atoms with Crippen molar-refractivity contribution in [3.8, 4) is 5.75 Å². The maximum atomic E-state index is 11.7. The Kier molecular flexibility index (Phi) is 5.36. The van der Waals surface area contributed by atoms with Crippen LogP contribution in [0.2, 0.25) is 0 Å². The molecule has 1 amide bonds. The van der Waals surface area contributed by atoms with Crippen molar-refractivity contribution in [1.29, 1.82) is 0 Å². The van der Waals surface area contributed by atoms with E-state index in [4.69, 9.17) is 23.4 Å². The maximum Gasteiger partial charge on any atom is 0.223 e. The lowest BCUT2D eigenvalue weighted by molar-refractivity contribution is -0.336. The lowest BCUT2D eigenvalue weighted by Gasteiger charge is -2.47. The Labute approximate surface area is 162 Å². The Bertz CT molecular complexity index is 809. The summed E-state index contributed by atoms with van der Waals surface area (Å²) in [4.78, 5) is 11.7. The number of furan rings is 1. The van der Waals surface area contributed by atoms with Crippen molar-refractivity contribution in [3.63, 3.8) is 0 Å². The van der Waals surface area contributed by atoms with Gasteiger partial charge in [0.25, 0.3) is 0 Å². The van der Waals surface area contributed by atoms with E-state index in [1.165, 1.54) is 13.2 Å². The molecule has 8 heteroatoms. The fourth-order valence-electron chi connectivity index (χ4n) is 3.47. The molecule has 0 saturated carbocycles. The van der Waals surface area contributed by atoms with Crippen LogP contribution in [0.1, 0.15) is 24.5 Å². The third-order valence-electron chi connectivity index (χ3n) is 4.75. The minimum absolute atomic E-state index is 0.188. The Balaban J connectivity index is 1.54. The largest absolute Gasteiger partial charge is 0.464 e. The van der Waals surface area contributed by atoms with Gasteiger partial charge in [-0.3, -0.25) is 4.79 Å². The zero-order valence-electron chi connectivity index (χ0n) is 15.6. The van der Waals surface area contributed by atoms with Crippen LogP contribution in [0.3, 0.4) is 0 Å². The van der Waals surface area contributed by atoms with E-state index in [1.54, 1.807) is 18.2 Å². The molecular weight excluding hydrogens is 366 g/mol. The van der Waals surface area contributed by atoms with Gasteiger partial charge < -0.3 is 33.8 Å². The molecule has 1 aromatic heterocycles. The van der Waals surface area contributed by atoms with Gasteiger partial charge in [0.15, 0.2) is 5.76 Å². The summed E-state index contributed by atoms with van der Waals surface area (Å²) in [6.45, 7) is 3.51. The molecule has 2 aliphatic heterocycles. The lowest BCUT2D eigenvalue weighted by atomic mass is 9.96. The van der Waals surface area contributed by atoms with Crippen LogP contribution < -0.4 is 10.1 Å². The molecular formula is C20H23NO7. The van der Waals surface area contributed by atoms with Crippen molar-refractivity contribution in [2.45, 2.75) is 50.8 Å². The second-order valence-corrected chi connectivity index (χ2v) is 6.98. The molecule has 150 valence electrons. The first-order chi connectivity index (χ1) is 13.5. The topological polar surface area (TPSA) is 99.4 Å². The summed E-state index contributed by atoms with van der Waals surface area (Å²) in [7, 11) is 0. The summed E-state index contributed by atoms with van der Waals surface area (Å²) in [6.07, 6.45) is -2.44. The fraction of sp³-hybridized carbons (Fsp3) is 0.450. The monoisotopic (exact) mass is 389 g/mol. The number of hydrogen-bond donors (Lipinski definition) is 2. The number of ether oxygens (including phenoxy) is 4. The van der Waals surface area contributed by atoms with Gasteiger partial charge in [-0.25, -0.2) is 0 Å². The molecule has 28 heavy (non-hydrogen) atoms. The number of hydrogen-bond acceptors (Lipinski definition) is 7. The van der Waals surface area contributed by atoms with Crippen molar-refractivity contribution in [1.82, 2.24) is 5.32 Å². The number of aliphatic hydroxyl groups excluding tert-OH is 1. The highest BCUT2D eigenvalue weighted by atomic mass is 16.8. The van der Waals surface area contributed by atoms with Crippen LogP contribution in [0, 0.1) is 6.92 Å². The SMILES string of the molecule is CC(=O)N[C@H]1[C@@H](Oc2cccc(C)c2)O[C@H]2CO[C@H](c3ccco3)O[C@@H]2[C@H]1O. The van der Waals surface area contributed by atoms with Gasteiger partial charge in [0.2, 0.25) is 18.5 Å². The van der Waals surface area contributed by atoms with E-state index in [1.807, 2.05) is 25.1 Å². The predicted octanol–water partition coefficient (Wildman–Crippen LogP) is 1.67. The van der Waals surface area contributed by atoms with Gasteiger partial charge >= 0.3 is 0 Å². The molecule has 0 radical (unpaired) electrons. The Morgan fingerprint density at radius 2 is 2.11 bits per heavy atom. The quantitative estimate of drug-likeness (QED) is 0.821. The summed E-state index contributed by atoms with van der Waals surface area (Å²) in [5, 5.41) is 13.7. The van der Waals surface area contributed by atoms with E-state index in [2.05, 4.69) is 5.32 Å². The van der Waals surface area contributed by atoms with E-state index in [0.29, 0.717) is 11.5 Å². The second kappa shape index (κ2) is 7.92. The summed E-state index contributed by atoms with van der Waals surface area (Å²) in [5.74, 6) is 0.774. The third kappa shape index (κ3) is 3.90. The Morgan fingerprint density at radius 1 is 1.25 bits per heavy atom. The molecule has 0 aliphatic carbocycles. The first-order valence-corrected chi connectivity index (χ1v) is 9.15. The van der Waals surface area contributed by atoms with Crippen LogP contribution in [-0.4, -0.2) is 48.3 Å². The van der Waals surface area contributed by atoms with Crippen molar-refractivity contribution >= 4 is 5.91 Å². The summed E-state index contributed by atoms with van der Waals surface area (Å²) >= 11 is 0. The van der Waals surface area contributed by atoms with E-state index in [-0.39, 0.29) is 12.5 Å². The van der Waals surface area contributed by atoms with E-state index in [0.717, 1.165) is 5.56 Å². The molecule has 6 atom stereocenters. The van der Waals surface area contributed by atoms with Crippen LogP contribution in [0.25, 0.3) is 0 Å². The molecule has 2 aliphatic rings. The van der Waals surface area contributed by atoms with Gasteiger partial charge in [-0.2, -0.15) is 0 Å². The Morgan fingerprint density at radius 3 is 2.82 bits per heavy atom. The molecule has 3 heterocycles. The van der Waals surface area contributed by atoms with Crippen molar-refractivity contribution < 1.29 is 33.3 Å². The molecule has 0 bridgehead atoms. The first-order valence-electron chi connectivity index (χ1n) is 9.15. The number of benzene rings is 1. The van der Waals surface area contributed by atoms with E-state index < -0.39 is 36.9 Å². The van der Waals surface area contributed by atoms with Gasteiger partial charge in [0.1, 0.15) is 30.1 Å². The number of amides is 1. The number of aryl methyl sites for hydroxylation is 1. The third-order valence-corrected chi connectivity index (χ3v) is 4.75. The number of rotatable bonds is 4. The highest BCUT2D eigenvalue weighted by Gasteiger charge is 2.51. The van der Waals surface area contributed by atoms with Crippen molar-refractivity contribution in [3.05, 3.63) is 54.0 Å². The van der Waals surface area contributed by atoms with Gasteiger partial charge in [0.05, 0.1) is 12.9 Å². The highest BCUT2D eigenvalue weighted by molar-refractivity contribution is 5.73. The molecule has 2 N–H and O–H groups in total. The zero-order valence-corrected chi connectivity index (χ0v) is 15.6. The van der Waals surface area contributed by atoms with E-state index in [9.17, 15) is 9.90 Å².